The largest absolute Gasteiger partial charge is 0.468 e. The smallest absolute Gasteiger partial charge is 0.236 e. The molecule has 1 aromatic heterocycles. The Morgan fingerprint density at radius 1 is 1.56 bits per heavy atom. The minimum Gasteiger partial charge on any atom is -0.468 e. The van der Waals surface area contributed by atoms with Gasteiger partial charge in [0.1, 0.15) is 11.0 Å². The Morgan fingerprint density at radius 3 is 2.61 bits per heavy atom. The number of carbonyl (C=O) groups excluding carboxylic acids is 1. The van der Waals surface area contributed by atoms with Crippen LogP contribution < -0.4 is 5.32 Å². The molecule has 0 aromatic carbocycles. The zero-order valence-corrected chi connectivity index (χ0v) is 12.4. The first kappa shape index (κ1) is 15.0. The minimum atomic E-state index is -1.38. The Kier molecular flexibility index (Phi) is 4.73. The molecule has 0 aliphatic carbocycles. The van der Waals surface area contributed by atoms with Crippen LogP contribution in [0.15, 0.2) is 21.6 Å². The Morgan fingerprint density at radius 2 is 2.17 bits per heavy atom. The Hall–Kier alpha value is -1.10. The quantitative estimate of drug-likeness (QED) is 0.894. The van der Waals surface area contributed by atoms with Crippen molar-refractivity contribution in [1.29, 1.82) is 0 Å². The van der Waals surface area contributed by atoms with Gasteiger partial charge in [-0.1, -0.05) is 6.92 Å². The first-order valence-electron chi connectivity index (χ1n) is 6.05. The highest BCUT2D eigenvalue weighted by atomic mass is 32.2. The zero-order valence-electron chi connectivity index (χ0n) is 11.6. The molecule has 1 heterocycles. The molecule has 0 unspecified atom stereocenters. The van der Waals surface area contributed by atoms with E-state index in [0.717, 1.165) is 6.42 Å². The molecule has 5 heteroatoms. The van der Waals surface area contributed by atoms with Crippen molar-refractivity contribution in [3.8, 4) is 0 Å². The Balaban J connectivity index is 2.76. The van der Waals surface area contributed by atoms with Crippen LogP contribution in [-0.2, 0) is 15.6 Å². The maximum atomic E-state index is 12.2. The van der Waals surface area contributed by atoms with Gasteiger partial charge in [-0.05, 0) is 40.2 Å². The number of hydrogen-bond acceptors (Lipinski definition) is 3. The van der Waals surface area contributed by atoms with E-state index in [1.54, 1.807) is 19.9 Å². The molecule has 2 atom stereocenters. The first-order chi connectivity index (χ1) is 8.28. The van der Waals surface area contributed by atoms with Crippen LogP contribution in [0.3, 0.4) is 0 Å². The number of hydrogen-bond donors (Lipinski definition) is 1. The van der Waals surface area contributed by atoms with E-state index in [1.807, 2.05) is 20.8 Å². The summed E-state index contributed by atoms with van der Waals surface area (Å²) in [6.07, 6.45) is 2.31. The molecule has 18 heavy (non-hydrogen) atoms. The van der Waals surface area contributed by atoms with Crippen molar-refractivity contribution in [3.05, 3.63) is 18.1 Å². The molecule has 0 radical (unpaired) electrons. The summed E-state index contributed by atoms with van der Waals surface area (Å²) in [4.78, 5) is 12.6. The van der Waals surface area contributed by atoms with Gasteiger partial charge >= 0.3 is 0 Å². The third-order valence-corrected chi connectivity index (χ3v) is 4.78. The molecule has 1 N–H and O–H groups in total. The molecule has 0 bridgehead atoms. The summed E-state index contributed by atoms with van der Waals surface area (Å²) in [7, 11) is -1.38. The fourth-order valence-electron chi connectivity index (χ4n) is 1.39. The molecule has 0 spiro atoms. The number of aryl methyl sites for hydroxylation is 1. The van der Waals surface area contributed by atoms with Crippen LogP contribution in [0.5, 0.6) is 0 Å². The molecule has 1 amide bonds. The van der Waals surface area contributed by atoms with E-state index in [2.05, 4.69) is 5.32 Å². The zero-order chi connectivity index (χ0) is 13.9. The van der Waals surface area contributed by atoms with Gasteiger partial charge in [-0.15, -0.1) is 0 Å². The van der Waals surface area contributed by atoms with Crippen LogP contribution >= 0.6 is 0 Å². The first-order valence-corrected chi connectivity index (χ1v) is 7.26. The lowest BCUT2D eigenvalue weighted by atomic mass is 10.0. The van der Waals surface area contributed by atoms with Crippen molar-refractivity contribution >= 4 is 16.7 Å². The van der Waals surface area contributed by atoms with Gasteiger partial charge in [0, 0.05) is 5.54 Å². The molecule has 0 fully saturated rings. The topological polar surface area (TPSA) is 59.3 Å². The van der Waals surface area contributed by atoms with E-state index in [1.165, 1.54) is 6.26 Å². The highest BCUT2D eigenvalue weighted by Gasteiger charge is 2.27. The number of nitrogens with one attached hydrogen (secondary N) is 1. The third-order valence-electron chi connectivity index (χ3n) is 3.06. The average molecular weight is 271 g/mol. The molecule has 4 nitrogen and oxygen atoms in total. The fraction of sp³-hybridized carbons (Fsp3) is 0.615. The minimum absolute atomic E-state index is 0.194. The predicted molar refractivity (Wildman–Crippen MR) is 71.8 cm³/mol. The predicted octanol–water partition coefficient (Wildman–Crippen LogP) is 2.39. The van der Waals surface area contributed by atoms with Crippen LogP contribution in [-0.4, -0.2) is 20.9 Å². The second-order valence-electron chi connectivity index (χ2n) is 5.01. The Bertz CT molecular complexity index is 451. The van der Waals surface area contributed by atoms with Crippen LogP contribution in [0, 0.1) is 6.92 Å². The summed E-state index contributed by atoms with van der Waals surface area (Å²) in [5.41, 5.74) is -0.277. The normalized spacial score (nSPS) is 15.2. The van der Waals surface area contributed by atoms with Gasteiger partial charge in [0.15, 0.2) is 0 Å². The van der Waals surface area contributed by atoms with E-state index in [-0.39, 0.29) is 11.4 Å². The van der Waals surface area contributed by atoms with Gasteiger partial charge in [0.2, 0.25) is 5.91 Å². The molecule has 102 valence electrons. The van der Waals surface area contributed by atoms with Gasteiger partial charge in [0.05, 0.1) is 22.0 Å². The van der Waals surface area contributed by atoms with Crippen LogP contribution in [0.25, 0.3) is 0 Å². The van der Waals surface area contributed by atoms with Crippen molar-refractivity contribution in [3.63, 3.8) is 0 Å². The van der Waals surface area contributed by atoms with E-state index in [9.17, 15) is 9.00 Å². The van der Waals surface area contributed by atoms with E-state index in [0.29, 0.717) is 10.7 Å². The lowest BCUT2D eigenvalue weighted by molar-refractivity contribution is -0.121. The van der Waals surface area contributed by atoms with Crippen molar-refractivity contribution in [2.24, 2.45) is 0 Å². The number of rotatable bonds is 5. The molecule has 0 aliphatic rings. The summed E-state index contributed by atoms with van der Waals surface area (Å²) in [5.74, 6) is 0.406. The molecule has 1 aromatic rings. The van der Waals surface area contributed by atoms with Crippen LogP contribution in [0.1, 0.15) is 39.9 Å². The number of carbonyl (C=O) groups is 1. The SMILES string of the molecule is CCC(C)(C)NC(=O)[C@@H](C)[S@@](=O)c1ccoc1C. The maximum Gasteiger partial charge on any atom is 0.236 e. The van der Waals surface area contributed by atoms with Gasteiger partial charge in [-0.3, -0.25) is 9.00 Å². The van der Waals surface area contributed by atoms with Gasteiger partial charge in [-0.25, -0.2) is 0 Å². The van der Waals surface area contributed by atoms with Crippen molar-refractivity contribution < 1.29 is 13.4 Å². The van der Waals surface area contributed by atoms with Crippen LogP contribution in [0.4, 0.5) is 0 Å². The van der Waals surface area contributed by atoms with E-state index >= 15 is 0 Å². The van der Waals surface area contributed by atoms with Crippen molar-refractivity contribution in [2.75, 3.05) is 0 Å². The number of amides is 1. The molecule has 0 saturated heterocycles. The second kappa shape index (κ2) is 5.69. The fourth-order valence-corrected chi connectivity index (χ4v) is 2.55. The second-order valence-corrected chi connectivity index (χ2v) is 6.75. The van der Waals surface area contributed by atoms with Gasteiger partial charge in [0.25, 0.3) is 0 Å². The standard InChI is InChI=1S/C13H21NO3S/c1-6-13(4,5)14-12(15)10(3)18(16)11-7-8-17-9(11)2/h7-8,10H,6H2,1-5H3,(H,14,15)/t10-,18-/m1/s1. The lowest BCUT2D eigenvalue weighted by Crippen LogP contribution is -2.47. The van der Waals surface area contributed by atoms with E-state index in [4.69, 9.17) is 4.42 Å². The molecule has 0 saturated carbocycles. The Labute approximate surface area is 111 Å². The summed E-state index contributed by atoms with van der Waals surface area (Å²) < 4.78 is 17.3. The van der Waals surface area contributed by atoms with Crippen LogP contribution in [0.2, 0.25) is 0 Å². The highest BCUT2D eigenvalue weighted by Crippen LogP contribution is 2.18. The van der Waals surface area contributed by atoms with Gasteiger partial charge in [-0.2, -0.15) is 0 Å². The summed E-state index contributed by atoms with van der Waals surface area (Å²) in [5, 5.41) is 2.31. The third kappa shape index (κ3) is 3.45. The monoisotopic (exact) mass is 271 g/mol. The average Bonchev–Trinajstić information content (AvgIpc) is 2.73. The van der Waals surface area contributed by atoms with Gasteiger partial charge < -0.3 is 9.73 Å². The van der Waals surface area contributed by atoms with E-state index < -0.39 is 16.0 Å². The highest BCUT2D eigenvalue weighted by molar-refractivity contribution is 7.86. The molecule has 1 rings (SSSR count). The van der Waals surface area contributed by atoms with Crippen molar-refractivity contribution in [1.82, 2.24) is 5.32 Å². The molecular weight excluding hydrogens is 250 g/mol. The molecular formula is C13H21NO3S. The number of furan rings is 1. The lowest BCUT2D eigenvalue weighted by Gasteiger charge is -2.26. The summed E-state index contributed by atoms with van der Waals surface area (Å²) in [6, 6.07) is 1.65. The summed E-state index contributed by atoms with van der Waals surface area (Å²) >= 11 is 0. The maximum absolute atomic E-state index is 12.2. The van der Waals surface area contributed by atoms with Crippen molar-refractivity contribution in [2.45, 2.75) is 56.7 Å². The molecule has 0 aliphatic heterocycles. The summed E-state index contributed by atoms with van der Waals surface area (Å²) in [6.45, 7) is 9.31.